The third-order valence-electron chi connectivity index (χ3n) is 4.20. The molecule has 1 aromatic carbocycles. The molecule has 104 valence electrons. The van der Waals surface area contributed by atoms with Crippen LogP contribution in [0.4, 0.5) is 5.69 Å². The van der Waals surface area contributed by atoms with Crippen LogP contribution in [0.25, 0.3) is 0 Å². The highest BCUT2D eigenvalue weighted by Crippen LogP contribution is 2.35. The average molecular weight is 262 g/mol. The van der Waals surface area contributed by atoms with E-state index in [0.29, 0.717) is 5.92 Å². The predicted molar refractivity (Wildman–Crippen MR) is 76.2 cm³/mol. The Morgan fingerprint density at radius 1 is 1.47 bits per heavy atom. The van der Waals surface area contributed by atoms with Gasteiger partial charge in [-0.3, -0.25) is 4.79 Å². The van der Waals surface area contributed by atoms with Crippen molar-refractivity contribution < 1.29 is 9.90 Å². The van der Waals surface area contributed by atoms with E-state index in [1.807, 2.05) is 6.92 Å². The van der Waals surface area contributed by atoms with E-state index in [9.17, 15) is 9.90 Å². The fraction of sp³-hybridized carbons (Fsp3) is 0.533. The minimum absolute atomic E-state index is 0.0672. The van der Waals surface area contributed by atoms with Crippen molar-refractivity contribution in [3.63, 3.8) is 0 Å². The minimum atomic E-state index is -0.328. The highest BCUT2D eigenvalue weighted by molar-refractivity contribution is 5.96. The van der Waals surface area contributed by atoms with Crippen molar-refractivity contribution in [1.29, 1.82) is 0 Å². The van der Waals surface area contributed by atoms with E-state index in [1.54, 1.807) is 18.2 Å². The molecule has 1 fully saturated rings. The van der Waals surface area contributed by atoms with Crippen LogP contribution in [0.2, 0.25) is 0 Å². The maximum Gasteiger partial charge on any atom is 0.232 e. The van der Waals surface area contributed by atoms with Gasteiger partial charge in [-0.15, -0.1) is 0 Å². The molecule has 1 aromatic rings. The molecule has 1 heterocycles. The number of aryl methyl sites for hydroxylation is 1. The molecule has 0 spiro atoms. The Kier molecular flexibility index (Phi) is 3.80. The number of amides is 1. The molecule has 1 aliphatic heterocycles. The van der Waals surface area contributed by atoms with Crippen LogP contribution < -0.4 is 10.6 Å². The van der Waals surface area contributed by atoms with Crippen LogP contribution in [-0.4, -0.2) is 24.1 Å². The molecule has 4 nitrogen and oxygen atoms in total. The summed E-state index contributed by atoms with van der Waals surface area (Å²) in [4.78, 5) is 12.6. The molecule has 2 rings (SSSR count). The molecule has 1 unspecified atom stereocenters. The molecular formula is C15H22N2O2. The summed E-state index contributed by atoms with van der Waals surface area (Å²) in [7, 11) is 0. The first-order valence-corrected chi connectivity index (χ1v) is 6.77. The molecule has 1 aliphatic rings. The van der Waals surface area contributed by atoms with Gasteiger partial charge >= 0.3 is 0 Å². The lowest BCUT2D eigenvalue weighted by atomic mass is 9.75. The first-order chi connectivity index (χ1) is 8.95. The zero-order valence-electron chi connectivity index (χ0n) is 11.8. The summed E-state index contributed by atoms with van der Waals surface area (Å²) in [6, 6.07) is 5.14. The lowest BCUT2D eigenvalue weighted by Gasteiger charge is -2.31. The lowest BCUT2D eigenvalue weighted by molar-refractivity contribution is -0.126. The summed E-state index contributed by atoms with van der Waals surface area (Å²) in [6.07, 6.45) is 0.869. The number of hydrogen-bond donors (Lipinski definition) is 3. The van der Waals surface area contributed by atoms with Crippen molar-refractivity contribution in [2.24, 2.45) is 11.3 Å². The molecule has 1 amide bonds. The molecular weight excluding hydrogens is 240 g/mol. The largest absolute Gasteiger partial charge is 0.508 e. The highest BCUT2D eigenvalue weighted by Gasteiger charge is 2.43. The molecule has 0 aliphatic carbocycles. The Morgan fingerprint density at radius 3 is 2.74 bits per heavy atom. The van der Waals surface area contributed by atoms with Gasteiger partial charge in [0.15, 0.2) is 0 Å². The van der Waals surface area contributed by atoms with Gasteiger partial charge in [0.1, 0.15) is 5.75 Å². The van der Waals surface area contributed by atoms with Crippen molar-refractivity contribution in [3.8, 4) is 5.75 Å². The Labute approximate surface area is 114 Å². The molecule has 1 atom stereocenters. The van der Waals surface area contributed by atoms with Gasteiger partial charge in [-0.05, 0) is 49.6 Å². The Balaban J connectivity index is 2.17. The Morgan fingerprint density at radius 2 is 2.21 bits per heavy atom. The van der Waals surface area contributed by atoms with Gasteiger partial charge in [-0.25, -0.2) is 0 Å². The zero-order valence-corrected chi connectivity index (χ0v) is 11.8. The normalized spacial score (nSPS) is 22.7. The standard InChI is InChI=1S/C15H22N2O2/c1-10(2)15(6-7-16-9-15)14(19)17-12-4-5-13(18)11(3)8-12/h4-5,8,10,16,18H,6-7,9H2,1-3H3,(H,17,19). The van der Waals surface area contributed by atoms with E-state index in [-0.39, 0.29) is 17.1 Å². The lowest BCUT2D eigenvalue weighted by Crippen LogP contribution is -2.42. The fourth-order valence-electron chi connectivity index (χ4n) is 2.65. The fourth-order valence-corrected chi connectivity index (χ4v) is 2.65. The summed E-state index contributed by atoms with van der Waals surface area (Å²) in [5.74, 6) is 0.609. The topological polar surface area (TPSA) is 61.4 Å². The van der Waals surface area contributed by atoms with Gasteiger partial charge in [0, 0.05) is 12.2 Å². The van der Waals surface area contributed by atoms with Crippen molar-refractivity contribution in [1.82, 2.24) is 5.32 Å². The number of phenolic OH excluding ortho intramolecular Hbond substituents is 1. The summed E-state index contributed by atoms with van der Waals surface area (Å²) < 4.78 is 0. The second kappa shape index (κ2) is 5.21. The first-order valence-electron chi connectivity index (χ1n) is 6.77. The first kappa shape index (κ1) is 13.9. The number of nitrogens with one attached hydrogen (secondary N) is 2. The van der Waals surface area contributed by atoms with Gasteiger partial charge in [0.2, 0.25) is 5.91 Å². The predicted octanol–water partition coefficient (Wildman–Crippen LogP) is 2.27. The summed E-state index contributed by atoms with van der Waals surface area (Å²) >= 11 is 0. The number of phenols is 1. The molecule has 1 saturated heterocycles. The third kappa shape index (κ3) is 2.59. The van der Waals surface area contributed by atoms with Gasteiger partial charge in [-0.1, -0.05) is 13.8 Å². The third-order valence-corrected chi connectivity index (χ3v) is 4.20. The van der Waals surface area contributed by atoms with Gasteiger partial charge in [0.05, 0.1) is 5.41 Å². The number of benzene rings is 1. The average Bonchev–Trinajstić information content (AvgIpc) is 2.84. The number of carbonyl (C=O) groups is 1. The minimum Gasteiger partial charge on any atom is -0.508 e. The molecule has 3 N–H and O–H groups in total. The van der Waals surface area contributed by atoms with Crippen LogP contribution in [-0.2, 0) is 4.79 Å². The number of aromatic hydroxyl groups is 1. The summed E-state index contributed by atoms with van der Waals surface area (Å²) in [5.41, 5.74) is 1.18. The summed E-state index contributed by atoms with van der Waals surface area (Å²) in [6.45, 7) is 7.62. The van der Waals surface area contributed by atoms with E-state index in [2.05, 4.69) is 24.5 Å². The number of rotatable bonds is 3. The van der Waals surface area contributed by atoms with E-state index < -0.39 is 0 Å². The zero-order chi connectivity index (χ0) is 14.0. The maximum absolute atomic E-state index is 12.6. The van der Waals surface area contributed by atoms with Crippen LogP contribution in [0, 0.1) is 18.3 Å². The van der Waals surface area contributed by atoms with Crippen molar-refractivity contribution in [2.45, 2.75) is 27.2 Å². The maximum atomic E-state index is 12.6. The van der Waals surface area contributed by atoms with Crippen LogP contribution in [0.1, 0.15) is 25.8 Å². The van der Waals surface area contributed by atoms with E-state index >= 15 is 0 Å². The number of hydrogen-bond acceptors (Lipinski definition) is 3. The molecule has 0 aromatic heterocycles. The monoisotopic (exact) mass is 262 g/mol. The van der Waals surface area contributed by atoms with E-state index in [4.69, 9.17) is 0 Å². The van der Waals surface area contributed by atoms with Gasteiger partial charge in [0.25, 0.3) is 0 Å². The number of anilines is 1. The van der Waals surface area contributed by atoms with Crippen molar-refractivity contribution in [2.75, 3.05) is 18.4 Å². The van der Waals surface area contributed by atoms with E-state index in [0.717, 1.165) is 30.8 Å². The van der Waals surface area contributed by atoms with Crippen LogP contribution in [0.15, 0.2) is 18.2 Å². The van der Waals surface area contributed by atoms with Crippen LogP contribution in [0.5, 0.6) is 5.75 Å². The molecule has 0 saturated carbocycles. The second-order valence-corrected chi connectivity index (χ2v) is 5.69. The smallest absolute Gasteiger partial charge is 0.232 e. The quantitative estimate of drug-likeness (QED) is 0.732. The van der Waals surface area contributed by atoms with Crippen molar-refractivity contribution >= 4 is 11.6 Å². The number of carbonyl (C=O) groups excluding carboxylic acids is 1. The van der Waals surface area contributed by atoms with Gasteiger partial charge in [-0.2, -0.15) is 0 Å². The van der Waals surface area contributed by atoms with Crippen LogP contribution >= 0.6 is 0 Å². The van der Waals surface area contributed by atoms with Crippen LogP contribution in [0.3, 0.4) is 0 Å². The molecule has 0 bridgehead atoms. The summed E-state index contributed by atoms with van der Waals surface area (Å²) in [5, 5.41) is 15.8. The highest BCUT2D eigenvalue weighted by atomic mass is 16.3. The Bertz CT molecular complexity index is 477. The Hall–Kier alpha value is -1.55. The molecule has 0 radical (unpaired) electrons. The van der Waals surface area contributed by atoms with E-state index in [1.165, 1.54) is 0 Å². The SMILES string of the molecule is Cc1cc(NC(=O)C2(C(C)C)CCNC2)ccc1O. The second-order valence-electron chi connectivity index (χ2n) is 5.69. The van der Waals surface area contributed by atoms with Gasteiger partial charge < -0.3 is 15.7 Å². The molecule has 19 heavy (non-hydrogen) atoms. The molecule has 4 heteroatoms. The van der Waals surface area contributed by atoms with Crippen molar-refractivity contribution in [3.05, 3.63) is 23.8 Å².